The number of nitrogens with one attached hydrogen (secondary N) is 1. The van der Waals surface area contributed by atoms with Gasteiger partial charge in [-0.2, -0.15) is 0 Å². The molecule has 0 bridgehead atoms. The largest absolute Gasteiger partial charge is 0.396 e. The van der Waals surface area contributed by atoms with Gasteiger partial charge in [-0.25, -0.2) is 0 Å². The van der Waals surface area contributed by atoms with E-state index in [9.17, 15) is 4.79 Å². The first kappa shape index (κ1) is 9.21. The van der Waals surface area contributed by atoms with Crippen LogP contribution in [-0.2, 0) is 4.79 Å². The summed E-state index contributed by atoms with van der Waals surface area (Å²) in [5, 5.41) is 11.6. The summed E-state index contributed by atoms with van der Waals surface area (Å²) in [6.45, 7) is 0.118. The number of anilines is 1. The summed E-state index contributed by atoms with van der Waals surface area (Å²) in [4.78, 5) is 11.5. The molecule has 1 aromatic carbocycles. The fourth-order valence-corrected chi connectivity index (χ4v) is 1.53. The van der Waals surface area contributed by atoms with Crippen molar-refractivity contribution in [1.82, 2.24) is 0 Å². The molecule has 14 heavy (non-hydrogen) atoms. The normalized spacial score (nSPS) is 24.4. The molecule has 1 amide bonds. The molecule has 2 rings (SSSR count). The molecule has 3 heteroatoms. The van der Waals surface area contributed by atoms with Gasteiger partial charge < -0.3 is 10.4 Å². The van der Waals surface area contributed by atoms with Crippen LogP contribution in [-0.4, -0.2) is 17.6 Å². The van der Waals surface area contributed by atoms with E-state index in [4.69, 9.17) is 5.11 Å². The van der Waals surface area contributed by atoms with Gasteiger partial charge in [0, 0.05) is 18.2 Å². The van der Waals surface area contributed by atoms with Crippen LogP contribution < -0.4 is 5.32 Å². The van der Waals surface area contributed by atoms with E-state index >= 15 is 0 Å². The fourth-order valence-electron chi connectivity index (χ4n) is 1.53. The molecule has 2 N–H and O–H groups in total. The molecule has 0 aromatic heterocycles. The van der Waals surface area contributed by atoms with Crippen LogP contribution in [0.4, 0.5) is 5.69 Å². The van der Waals surface area contributed by atoms with Crippen LogP contribution in [0.5, 0.6) is 0 Å². The molecule has 1 aromatic rings. The molecule has 1 aliphatic carbocycles. The minimum atomic E-state index is 0.0141. The molecule has 0 spiro atoms. The number of aliphatic hydroxyl groups is 1. The van der Waals surface area contributed by atoms with Crippen molar-refractivity contribution in [3.05, 3.63) is 30.3 Å². The topological polar surface area (TPSA) is 49.3 Å². The van der Waals surface area contributed by atoms with Crippen molar-refractivity contribution in [2.45, 2.75) is 6.42 Å². The van der Waals surface area contributed by atoms with Crippen molar-refractivity contribution in [2.24, 2.45) is 11.8 Å². The second kappa shape index (κ2) is 3.80. The average molecular weight is 191 g/mol. The predicted octanol–water partition coefficient (Wildman–Crippen LogP) is 1.25. The molecule has 1 saturated carbocycles. The van der Waals surface area contributed by atoms with Crippen LogP contribution in [0.25, 0.3) is 0 Å². The Balaban J connectivity index is 1.90. The number of aliphatic hydroxyl groups excluding tert-OH is 1. The molecule has 74 valence electrons. The molecule has 1 fully saturated rings. The quantitative estimate of drug-likeness (QED) is 0.755. The summed E-state index contributed by atoms with van der Waals surface area (Å²) in [7, 11) is 0. The van der Waals surface area contributed by atoms with Gasteiger partial charge in [-0.1, -0.05) is 18.2 Å². The number of benzene rings is 1. The van der Waals surface area contributed by atoms with E-state index in [0.29, 0.717) is 0 Å². The predicted molar refractivity (Wildman–Crippen MR) is 53.8 cm³/mol. The van der Waals surface area contributed by atoms with Crippen LogP contribution >= 0.6 is 0 Å². The lowest BCUT2D eigenvalue weighted by Gasteiger charge is -2.03. The zero-order chi connectivity index (χ0) is 9.97. The molecule has 1 aliphatic rings. The van der Waals surface area contributed by atoms with E-state index in [0.717, 1.165) is 12.1 Å². The molecule has 0 unspecified atom stereocenters. The summed E-state index contributed by atoms with van der Waals surface area (Å²) in [6.07, 6.45) is 0.815. The summed E-state index contributed by atoms with van der Waals surface area (Å²) in [5.74, 6) is 0.217. The van der Waals surface area contributed by atoms with Crippen molar-refractivity contribution >= 4 is 11.6 Å². The minimum Gasteiger partial charge on any atom is -0.396 e. The maximum absolute atomic E-state index is 11.5. The van der Waals surface area contributed by atoms with E-state index < -0.39 is 0 Å². The van der Waals surface area contributed by atoms with Crippen molar-refractivity contribution in [3.8, 4) is 0 Å². The van der Waals surface area contributed by atoms with Gasteiger partial charge in [0.1, 0.15) is 0 Å². The van der Waals surface area contributed by atoms with Gasteiger partial charge in [-0.05, 0) is 24.5 Å². The minimum absolute atomic E-state index is 0.0141. The number of hydrogen-bond acceptors (Lipinski definition) is 2. The average Bonchev–Trinajstić information content (AvgIpc) is 2.98. The smallest absolute Gasteiger partial charge is 0.227 e. The summed E-state index contributed by atoms with van der Waals surface area (Å²) < 4.78 is 0. The van der Waals surface area contributed by atoms with Gasteiger partial charge in [0.25, 0.3) is 0 Å². The van der Waals surface area contributed by atoms with Gasteiger partial charge in [0.05, 0.1) is 0 Å². The standard InChI is InChI=1S/C11H13NO2/c13-7-8-6-10(8)11(14)12-9-4-2-1-3-5-9/h1-5,8,10,13H,6-7H2,(H,12,14)/t8-,10-/m0/s1. The van der Waals surface area contributed by atoms with Crippen molar-refractivity contribution in [2.75, 3.05) is 11.9 Å². The Morgan fingerprint density at radius 3 is 2.71 bits per heavy atom. The van der Waals surface area contributed by atoms with Gasteiger partial charge in [-0.3, -0.25) is 4.79 Å². The Hall–Kier alpha value is -1.35. The summed E-state index contributed by atoms with van der Waals surface area (Å²) in [6, 6.07) is 9.38. The lowest BCUT2D eigenvalue weighted by molar-refractivity contribution is -0.117. The van der Waals surface area contributed by atoms with Gasteiger partial charge in [0.2, 0.25) is 5.91 Å². The van der Waals surface area contributed by atoms with Crippen LogP contribution in [0.1, 0.15) is 6.42 Å². The van der Waals surface area contributed by atoms with Crippen LogP contribution in [0.3, 0.4) is 0 Å². The Kier molecular flexibility index (Phi) is 2.50. The third-order valence-electron chi connectivity index (χ3n) is 2.54. The van der Waals surface area contributed by atoms with E-state index in [1.165, 1.54) is 0 Å². The molecule has 3 nitrogen and oxygen atoms in total. The molecular weight excluding hydrogens is 178 g/mol. The highest BCUT2D eigenvalue weighted by molar-refractivity contribution is 5.94. The number of rotatable bonds is 3. The summed E-state index contributed by atoms with van der Waals surface area (Å²) in [5.41, 5.74) is 0.820. The molecule has 0 aliphatic heterocycles. The van der Waals surface area contributed by atoms with Crippen molar-refractivity contribution in [3.63, 3.8) is 0 Å². The van der Waals surface area contributed by atoms with Gasteiger partial charge in [0.15, 0.2) is 0 Å². The van der Waals surface area contributed by atoms with E-state index in [1.807, 2.05) is 30.3 Å². The second-order valence-corrected chi connectivity index (χ2v) is 3.64. The SMILES string of the molecule is O=C(Nc1ccccc1)[C@H]1C[C@H]1CO. The van der Waals surface area contributed by atoms with Gasteiger partial charge >= 0.3 is 0 Å². The first-order chi connectivity index (χ1) is 6.81. The third kappa shape index (κ3) is 1.93. The number of carbonyl (C=O) groups is 1. The van der Waals surface area contributed by atoms with E-state index in [1.54, 1.807) is 0 Å². The highest BCUT2D eigenvalue weighted by atomic mass is 16.3. The maximum Gasteiger partial charge on any atom is 0.227 e. The zero-order valence-electron chi connectivity index (χ0n) is 7.81. The number of para-hydroxylation sites is 1. The monoisotopic (exact) mass is 191 g/mol. The lowest BCUT2D eigenvalue weighted by Crippen LogP contribution is -2.15. The number of hydrogen-bond donors (Lipinski definition) is 2. The van der Waals surface area contributed by atoms with E-state index in [2.05, 4.69) is 5.32 Å². The Morgan fingerprint density at radius 2 is 2.14 bits per heavy atom. The van der Waals surface area contributed by atoms with Crippen molar-refractivity contribution < 1.29 is 9.90 Å². The molecule has 0 radical (unpaired) electrons. The first-order valence-corrected chi connectivity index (χ1v) is 4.78. The lowest BCUT2D eigenvalue weighted by atomic mass is 10.3. The second-order valence-electron chi connectivity index (χ2n) is 3.64. The molecule has 2 atom stereocenters. The molecule has 0 saturated heterocycles. The molecule has 0 heterocycles. The summed E-state index contributed by atoms with van der Waals surface area (Å²) >= 11 is 0. The highest BCUT2D eigenvalue weighted by Crippen LogP contribution is 2.38. The Bertz CT molecular complexity index is 323. The van der Waals surface area contributed by atoms with Crippen LogP contribution in [0.2, 0.25) is 0 Å². The first-order valence-electron chi connectivity index (χ1n) is 4.78. The van der Waals surface area contributed by atoms with Crippen molar-refractivity contribution in [1.29, 1.82) is 0 Å². The Morgan fingerprint density at radius 1 is 1.43 bits per heavy atom. The van der Waals surface area contributed by atoms with Crippen LogP contribution in [0, 0.1) is 11.8 Å². The zero-order valence-corrected chi connectivity index (χ0v) is 7.81. The number of carbonyl (C=O) groups excluding carboxylic acids is 1. The fraction of sp³-hybridized carbons (Fsp3) is 0.364. The van der Waals surface area contributed by atoms with Crippen LogP contribution in [0.15, 0.2) is 30.3 Å². The number of amides is 1. The highest BCUT2D eigenvalue weighted by Gasteiger charge is 2.42. The molecular formula is C11H13NO2. The Labute approximate surface area is 82.8 Å². The third-order valence-corrected chi connectivity index (χ3v) is 2.54. The van der Waals surface area contributed by atoms with Gasteiger partial charge in [-0.15, -0.1) is 0 Å². The van der Waals surface area contributed by atoms with E-state index in [-0.39, 0.29) is 24.3 Å². The maximum atomic E-state index is 11.5.